The highest BCUT2D eigenvalue weighted by Gasteiger charge is 2.24. The number of phenolic OH excluding ortho intramolecular Hbond substituents is 4. The van der Waals surface area contributed by atoms with Gasteiger partial charge in [0.15, 0.2) is 34.6 Å². The molecule has 6 rings (SSSR count). The predicted octanol–water partition coefficient (Wildman–Crippen LogP) is -0.466. The molecule has 44 heavy (non-hydrogen) atoms. The maximum atomic E-state index is 12.9. The lowest BCUT2D eigenvalue weighted by molar-refractivity contribution is -0.120. The molecule has 0 spiro atoms. The maximum Gasteiger partial charge on any atom is 0.256 e. The molecule has 0 aromatic heterocycles. The highest BCUT2D eigenvalue weighted by molar-refractivity contribution is 6.04. The van der Waals surface area contributed by atoms with Gasteiger partial charge in [-0.2, -0.15) is 0 Å². The van der Waals surface area contributed by atoms with Gasteiger partial charge in [-0.3, -0.25) is 38.6 Å². The van der Waals surface area contributed by atoms with E-state index in [9.17, 15) is 49.2 Å². The van der Waals surface area contributed by atoms with Gasteiger partial charge in [-0.05, 0) is 24.3 Å². The number of aromatic hydroxyl groups is 4. The fourth-order valence-electron chi connectivity index (χ4n) is 4.21. The van der Waals surface area contributed by atoms with Crippen LogP contribution in [0.5, 0.6) is 23.0 Å². The third-order valence-electron chi connectivity index (χ3n) is 6.73. The minimum absolute atomic E-state index is 0.00923. The molecule has 0 fully saturated rings. The summed E-state index contributed by atoms with van der Waals surface area (Å²) in [5.74, 6) is -6.96. The SMILES string of the molecule is CC(=O)NCN1CCC(=O)c2ccc(c(O)c2O)C(=O)NCN(CNC(C)=O)CNC(=O)c2ccc(c(O)c2O)C(=O)CC1. The van der Waals surface area contributed by atoms with Crippen LogP contribution in [0.1, 0.15) is 68.1 Å². The number of amides is 4. The van der Waals surface area contributed by atoms with Crippen molar-refractivity contribution >= 4 is 35.2 Å². The Labute approximate surface area is 251 Å². The van der Waals surface area contributed by atoms with Gasteiger partial charge in [0.25, 0.3) is 11.8 Å². The van der Waals surface area contributed by atoms with Crippen LogP contribution in [0, 0.1) is 0 Å². The van der Waals surface area contributed by atoms with Crippen LogP contribution in [0.25, 0.3) is 0 Å². The molecule has 16 nitrogen and oxygen atoms in total. The first kappa shape index (κ1) is 33.3. The number of nitrogens with zero attached hydrogens (tertiary/aromatic N) is 2. The average molecular weight is 615 g/mol. The largest absolute Gasteiger partial charge is 0.504 e. The summed E-state index contributed by atoms with van der Waals surface area (Å²) in [4.78, 5) is 77.4. The van der Waals surface area contributed by atoms with Gasteiger partial charge in [0, 0.05) is 39.8 Å². The van der Waals surface area contributed by atoms with Crippen molar-refractivity contribution < 1.29 is 49.2 Å². The van der Waals surface area contributed by atoms with Gasteiger partial charge >= 0.3 is 0 Å². The Morgan fingerprint density at radius 1 is 0.636 bits per heavy atom. The van der Waals surface area contributed by atoms with Crippen molar-refractivity contribution in [2.75, 3.05) is 39.8 Å². The molecule has 236 valence electrons. The molecule has 16 heteroatoms. The van der Waals surface area contributed by atoms with Gasteiger partial charge in [0.1, 0.15) is 0 Å². The van der Waals surface area contributed by atoms with Crippen LogP contribution in [0.3, 0.4) is 0 Å². The molecule has 2 aromatic carbocycles. The average Bonchev–Trinajstić information content (AvgIpc) is 2.97. The summed E-state index contributed by atoms with van der Waals surface area (Å²) in [6.45, 7) is 1.80. The van der Waals surface area contributed by atoms with Crippen LogP contribution >= 0.6 is 0 Å². The summed E-state index contributed by atoms with van der Waals surface area (Å²) in [5, 5.41) is 52.1. The second kappa shape index (κ2) is 14.8. The van der Waals surface area contributed by atoms with Crippen molar-refractivity contribution in [3.05, 3.63) is 46.5 Å². The first-order valence-electron chi connectivity index (χ1n) is 13.5. The molecule has 0 saturated carbocycles. The van der Waals surface area contributed by atoms with Gasteiger partial charge in [-0.1, -0.05) is 0 Å². The Morgan fingerprint density at radius 3 is 1.36 bits per heavy atom. The van der Waals surface area contributed by atoms with Crippen LogP contribution in [0.4, 0.5) is 0 Å². The fourth-order valence-corrected chi connectivity index (χ4v) is 4.21. The molecular weight excluding hydrogens is 580 g/mol. The molecule has 0 saturated heterocycles. The van der Waals surface area contributed by atoms with E-state index in [0.29, 0.717) is 0 Å². The lowest BCUT2D eigenvalue weighted by Crippen LogP contribution is -2.48. The zero-order chi connectivity index (χ0) is 32.6. The van der Waals surface area contributed by atoms with E-state index in [2.05, 4.69) is 21.3 Å². The van der Waals surface area contributed by atoms with Crippen LogP contribution < -0.4 is 21.3 Å². The number of carbonyl (C=O) groups excluding carboxylic acids is 6. The fraction of sp³-hybridized carbons (Fsp3) is 0.357. The summed E-state index contributed by atoms with van der Waals surface area (Å²) >= 11 is 0. The van der Waals surface area contributed by atoms with E-state index < -0.39 is 52.3 Å². The summed E-state index contributed by atoms with van der Waals surface area (Å²) < 4.78 is 0. The van der Waals surface area contributed by atoms with Crippen molar-refractivity contribution in [1.29, 1.82) is 0 Å². The van der Waals surface area contributed by atoms with E-state index in [1.807, 2.05) is 0 Å². The smallest absolute Gasteiger partial charge is 0.256 e. The van der Waals surface area contributed by atoms with Crippen LogP contribution in [-0.2, 0) is 9.59 Å². The standard InChI is InChI=1S/C28H34N6O10/c1-15(35)29-11-33-9-7-21(37)17-3-5-19(25(41)23(17)39)27(43)31-13-34(12-30-16(2)36)14-32-28(44)20-6-4-18(22(38)8-10-33)24(40)26(20)42/h3-6,39-42H,7-14H2,1-2H3,(H,29,35)(H,30,36)(H,31,43)(H,32,44). The van der Waals surface area contributed by atoms with Crippen molar-refractivity contribution in [2.45, 2.75) is 26.7 Å². The Hall–Kier alpha value is -5.22. The lowest BCUT2D eigenvalue weighted by Gasteiger charge is -2.24. The van der Waals surface area contributed by atoms with Crippen LogP contribution in [0.2, 0.25) is 0 Å². The van der Waals surface area contributed by atoms with Gasteiger partial charge < -0.3 is 41.7 Å². The molecule has 4 aliphatic rings. The molecule has 4 bridgehead atoms. The van der Waals surface area contributed by atoms with E-state index in [4.69, 9.17) is 0 Å². The first-order valence-corrected chi connectivity index (χ1v) is 13.5. The van der Waals surface area contributed by atoms with Gasteiger partial charge in [-0.25, -0.2) is 0 Å². The number of carbonyl (C=O) groups is 6. The molecule has 4 amide bonds. The quantitative estimate of drug-likeness (QED) is 0.204. The van der Waals surface area contributed by atoms with Crippen molar-refractivity contribution in [1.82, 2.24) is 31.1 Å². The monoisotopic (exact) mass is 614 g/mol. The Morgan fingerprint density at radius 2 is 0.977 bits per heavy atom. The van der Waals surface area contributed by atoms with E-state index in [1.165, 1.54) is 30.9 Å². The molecule has 0 aliphatic carbocycles. The number of benzene rings is 2. The van der Waals surface area contributed by atoms with Crippen LogP contribution in [-0.4, -0.2) is 105 Å². The highest BCUT2D eigenvalue weighted by atomic mass is 16.3. The maximum absolute atomic E-state index is 12.9. The number of hydrogen-bond acceptors (Lipinski definition) is 12. The third kappa shape index (κ3) is 8.42. The van der Waals surface area contributed by atoms with E-state index in [1.54, 1.807) is 4.90 Å². The number of nitrogens with one attached hydrogen (secondary N) is 4. The topological polar surface area (TPSA) is 238 Å². The van der Waals surface area contributed by atoms with E-state index in [0.717, 1.165) is 12.1 Å². The molecule has 0 radical (unpaired) electrons. The zero-order valence-electron chi connectivity index (χ0n) is 24.1. The Balaban J connectivity index is 1.96. The summed E-state index contributed by atoms with van der Waals surface area (Å²) in [6.07, 6.45) is -0.416. The Kier molecular flexibility index (Phi) is 11.2. The Bertz CT molecular complexity index is 1280. The first-order chi connectivity index (χ1) is 20.8. The number of ketones is 2. The molecule has 0 atom stereocenters. The third-order valence-corrected chi connectivity index (χ3v) is 6.73. The van der Waals surface area contributed by atoms with E-state index in [-0.39, 0.29) is 80.8 Å². The molecule has 0 unspecified atom stereocenters. The minimum Gasteiger partial charge on any atom is -0.504 e. The number of hydrogen-bond donors (Lipinski definition) is 8. The molecule has 4 aliphatic heterocycles. The van der Waals surface area contributed by atoms with Gasteiger partial charge in [0.05, 0.1) is 48.9 Å². The second-order valence-electron chi connectivity index (χ2n) is 9.96. The van der Waals surface area contributed by atoms with E-state index >= 15 is 0 Å². The molecular formula is C28H34N6O10. The minimum atomic E-state index is -0.845. The zero-order valence-corrected chi connectivity index (χ0v) is 24.1. The second-order valence-corrected chi connectivity index (χ2v) is 9.96. The molecule has 8 N–H and O–H groups in total. The van der Waals surface area contributed by atoms with Gasteiger partial charge in [-0.15, -0.1) is 0 Å². The number of rotatable bonds is 4. The molecule has 2 aromatic rings. The summed E-state index contributed by atoms with van der Waals surface area (Å²) in [6, 6.07) is 4.65. The van der Waals surface area contributed by atoms with Gasteiger partial charge in [0.2, 0.25) is 11.8 Å². The van der Waals surface area contributed by atoms with Crippen LogP contribution in [0.15, 0.2) is 24.3 Å². The summed E-state index contributed by atoms with van der Waals surface area (Å²) in [5.41, 5.74) is -1.22. The summed E-state index contributed by atoms with van der Waals surface area (Å²) in [7, 11) is 0. The lowest BCUT2D eigenvalue weighted by atomic mass is 10.0. The predicted molar refractivity (Wildman–Crippen MR) is 153 cm³/mol. The van der Waals surface area contributed by atoms with Crippen molar-refractivity contribution in [2.24, 2.45) is 0 Å². The number of phenols is 4. The number of Topliss-reactive ketones (excluding diaryl/α,β-unsaturated/α-hetero) is 2. The normalized spacial score (nSPS) is 16.0. The van der Waals surface area contributed by atoms with Crippen molar-refractivity contribution in [3.8, 4) is 23.0 Å². The molecule has 4 heterocycles. The van der Waals surface area contributed by atoms with Crippen molar-refractivity contribution in [3.63, 3.8) is 0 Å². The highest BCUT2D eigenvalue weighted by Crippen LogP contribution is 2.34.